The first-order valence-corrected chi connectivity index (χ1v) is 9.73. The van der Waals surface area contributed by atoms with Gasteiger partial charge in [-0.15, -0.1) is 0 Å². The van der Waals surface area contributed by atoms with Crippen molar-refractivity contribution in [2.24, 2.45) is 0 Å². The number of fused-ring (bicyclic) bond motifs is 1. The van der Waals surface area contributed by atoms with Gasteiger partial charge in [-0.1, -0.05) is 76.4 Å². The van der Waals surface area contributed by atoms with E-state index in [2.05, 4.69) is 93.4 Å². The summed E-state index contributed by atoms with van der Waals surface area (Å²) in [5.74, 6) is 0. The highest BCUT2D eigenvalue weighted by atomic mass is 127. The topological polar surface area (TPSA) is 3.24 Å². The summed E-state index contributed by atoms with van der Waals surface area (Å²) in [5.41, 5.74) is 2.81. The van der Waals surface area contributed by atoms with Crippen LogP contribution in [0.2, 0.25) is 0 Å². The smallest absolute Gasteiger partial charge is 0.0373 e. The molecule has 3 heteroatoms. The van der Waals surface area contributed by atoms with Gasteiger partial charge in [0.1, 0.15) is 0 Å². The standard InChI is InChI=1S/C16H19I2N/c1-2-13-4-3-5-14-6-7-15(12-16(13)14)19(10-8-17)11-9-18/h3-7,12H,2,8-11H2,1H3. The Balaban J connectivity index is 2.43. The summed E-state index contributed by atoms with van der Waals surface area (Å²) in [7, 11) is 0. The van der Waals surface area contributed by atoms with Crippen LogP contribution in [0.5, 0.6) is 0 Å². The number of benzene rings is 2. The second-order valence-electron chi connectivity index (χ2n) is 4.54. The van der Waals surface area contributed by atoms with Gasteiger partial charge in [-0.3, -0.25) is 0 Å². The molecule has 0 amide bonds. The van der Waals surface area contributed by atoms with Gasteiger partial charge in [0.25, 0.3) is 0 Å². The lowest BCUT2D eigenvalue weighted by Crippen LogP contribution is -2.27. The van der Waals surface area contributed by atoms with Crippen molar-refractivity contribution in [2.45, 2.75) is 13.3 Å². The molecular formula is C16H19I2N. The number of anilines is 1. The predicted octanol–water partition coefficient (Wildman–Crippen LogP) is 5.08. The van der Waals surface area contributed by atoms with Gasteiger partial charge in [-0.2, -0.15) is 0 Å². The maximum atomic E-state index is 2.49. The summed E-state index contributed by atoms with van der Waals surface area (Å²) in [5, 5.41) is 2.77. The lowest BCUT2D eigenvalue weighted by Gasteiger charge is -2.23. The Morgan fingerprint density at radius 3 is 2.37 bits per heavy atom. The quantitative estimate of drug-likeness (QED) is 0.413. The van der Waals surface area contributed by atoms with Crippen LogP contribution < -0.4 is 4.90 Å². The maximum Gasteiger partial charge on any atom is 0.0373 e. The fourth-order valence-electron chi connectivity index (χ4n) is 2.40. The second-order valence-corrected chi connectivity index (χ2v) is 6.70. The van der Waals surface area contributed by atoms with Gasteiger partial charge >= 0.3 is 0 Å². The van der Waals surface area contributed by atoms with E-state index in [9.17, 15) is 0 Å². The van der Waals surface area contributed by atoms with Crippen molar-refractivity contribution in [1.29, 1.82) is 0 Å². The van der Waals surface area contributed by atoms with Gasteiger partial charge in [0.2, 0.25) is 0 Å². The molecule has 0 aromatic heterocycles. The van der Waals surface area contributed by atoms with Crippen LogP contribution >= 0.6 is 45.2 Å². The molecule has 0 saturated carbocycles. The second kappa shape index (κ2) is 7.67. The van der Waals surface area contributed by atoms with Crippen molar-refractivity contribution in [3.8, 4) is 0 Å². The molecule has 0 saturated heterocycles. The lowest BCUT2D eigenvalue weighted by molar-refractivity contribution is 0.892. The minimum absolute atomic E-state index is 1.10. The number of nitrogens with zero attached hydrogens (tertiary/aromatic N) is 1. The van der Waals surface area contributed by atoms with Crippen molar-refractivity contribution in [1.82, 2.24) is 0 Å². The largest absolute Gasteiger partial charge is 0.370 e. The van der Waals surface area contributed by atoms with Crippen molar-refractivity contribution >= 4 is 61.6 Å². The van der Waals surface area contributed by atoms with Crippen molar-refractivity contribution in [2.75, 3.05) is 26.8 Å². The zero-order chi connectivity index (χ0) is 13.7. The third-order valence-corrected chi connectivity index (χ3v) is 4.38. The molecule has 0 fully saturated rings. The van der Waals surface area contributed by atoms with Gasteiger partial charge in [0, 0.05) is 27.6 Å². The van der Waals surface area contributed by atoms with Gasteiger partial charge in [0.15, 0.2) is 0 Å². The monoisotopic (exact) mass is 479 g/mol. The Morgan fingerprint density at radius 2 is 1.74 bits per heavy atom. The van der Waals surface area contributed by atoms with E-state index in [4.69, 9.17) is 0 Å². The Labute approximate surface area is 143 Å². The molecule has 0 radical (unpaired) electrons. The van der Waals surface area contributed by atoms with Crippen LogP contribution in [0.3, 0.4) is 0 Å². The first kappa shape index (κ1) is 15.4. The van der Waals surface area contributed by atoms with Crippen LogP contribution in [0.25, 0.3) is 10.8 Å². The third-order valence-electron chi connectivity index (χ3n) is 3.41. The Hall–Kier alpha value is -0.0400. The minimum Gasteiger partial charge on any atom is -0.370 e. The SMILES string of the molecule is CCc1cccc2ccc(N(CCI)CCI)cc12. The van der Waals surface area contributed by atoms with E-state index in [1.54, 1.807) is 0 Å². The highest BCUT2D eigenvalue weighted by Gasteiger charge is 2.07. The third kappa shape index (κ3) is 3.74. The van der Waals surface area contributed by atoms with Gasteiger partial charge < -0.3 is 4.90 Å². The van der Waals surface area contributed by atoms with E-state index in [1.807, 2.05) is 0 Å². The first-order chi connectivity index (χ1) is 9.30. The number of rotatable bonds is 6. The molecule has 19 heavy (non-hydrogen) atoms. The first-order valence-electron chi connectivity index (χ1n) is 6.68. The van der Waals surface area contributed by atoms with E-state index < -0.39 is 0 Å². The molecular weight excluding hydrogens is 460 g/mol. The molecule has 0 atom stereocenters. The summed E-state index contributed by atoms with van der Waals surface area (Å²) in [6.07, 6.45) is 1.10. The highest BCUT2D eigenvalue weighted by Crippen LogP contribution is 2.25. The number of alkyl halides is 2. The normalized spacial score (nSPS) is 10.9. The van der Waals surface area contributed by atoms with Crippen LogP contribution in [0.4, 0.5) is 5.69 Å². The van der Waals surface area contributed by atoms with E-state index in [0.29, 0.717) is 0 Å². The average molecular weight is 479 g/mol. The Morgan fingerprint density at radius 1 is 1.00 bits per heavy atom. The van der Waals surface area contributed by atoms with Crippen LogP contribution in [0.15, 0.2) is 36.4 Å². The van der Waals surface area contributed by atoms with E-state index in [0.717, 1.165) is 19.5 Å². The van der Waals surface area contributed by atoms with Gasteiger partial charge in [-0.25, -0.2) is 0 Å². The predicted molar refractivity (Wildman–Crippen MR) is 103 cm³/mol. The summed E-state index contributed by atoms with van der Waals surface area (Å²) in [6.45, 7) is 4.49. The molecule has 2 aromatic rings. The number of aryl methyl sites for hydroxylation is 1. The average Bonchev–Trinajstić information content (AvgIpc) is 2.46. The highest BCUT2D eigenvalue weighted by molar-refractivity contribution is 14.1. The summed E-state index contributed by atoms with van der Waals surface area (Å²) >= 11 is 4.91. The molecule has 0 aliphatic heterocycles. The number of hydrogen-bond acceptors (Lipinski definition) is 1. The lowest BCUT2D eigenvalue weighted by atomic mass is 10.0. The van der Waals surface area contributed by atoms with Crippen molar-refractivity contribution < 1.29 is 0 Å². The number of halogens is 2. The summed E-state index contributed by atoms with van der Waals surface area (Å²) in [4.78, 5) is 2.49. The molecule has 0 unspecified atom stereocenters. The zero-order valence-electron chi connectivity index (χ0n) is 11.2. The summed E-state index contributed by atoms with van der Waals surface area (Å²) in [6, 6.07) is 13.5. The molecule has 0 spiro atoms. The van der Waals surface area contributed by atoms with Crippen LogP contribution in [-0.2, 0) is 6.42 Å². The van der Waals surface area contributed by atoms with Crippen molar-refractivity contribution in [3.63, 3.8) is 0 Å². The fraction of sp³-hybridized carbons (Fsp3) is 0.375. The molecule has 0 aliphatic rings. The molecule has 2 rings (SSSR count). The molecule has 0 N–H and O–H groups in total. The van der Waals surface area contributed by atoms with E-state index >= 15 is 0 Å². The van der Waals surface area contributed by atoms with Gasteiger partial charge in [-0.05, 0) is 34.9 Å². The molecule has 0 heterocycles. The molecule has 1 nitrogen and oxygen atoms in total. The molecule has 0 aliphatic carbocycles. The van der Waals surface area contributed by atoms with Gasteiger partial charge in [0.05, 0.1) is 0 Å². The minimum atomic E-state index is 1.10. The summed E-state index contributed by atoms with van der Waals surface area (Å²) < 4.78 is 2.34. The Bertz CT molecular complexity index is 533. The molecule has 0 bridgehead atoms. The fourth-order valence-corrected chi connectivity index (χ4v) is 3.57. The van der Waals surface area contributed by atoms with Crippen LogP contribution in [0, 0.1) is 0 Å². The molecule has 102 valence electrons. The number of hydrogen-bond donors (Lipinski definition) is 0. The van der Waals surface area contributed by atoms with E-state index in [-0.39, 0.29) is 0 Å². The van der Waals surface area contributed by atoms with Crippen LogP contribution in [0.1, 0.15) is 12.5 Å². The molecule has 2 aromatic carbocycles. The van der Waals surface area contributed by atoms with E-state index in [1.165, 1.54) is 30.9 Å². The zero-order valence-corrected chi connectivity index (χ0v) is 15.5. The van der Waals surface area contributed by atoms with Crippen LogP contribution in [-0.4, -0.2) is 21.9 Å². The van der Waals surface area contributed by atoms with Crippen molar-refractivity contribution in [3.05, 3.63) is 42.0 Å². The maximum absolute atomic E-state index is 2.49. The Kier molecular flexibility index (Phi) is 6.19.